The summed E-state index contributed by atoms with van der Waals surface area (Å²) in [5.74, 6) is 0. The summed E-state index contributed by atoms with van der Waals surface area (Å²) in [5.41, 5.74) is 4.29. The molecule has 11 heteroatoms. The van der Waals surface area contributed by atoms with E-state index in [1.54, 1.807) is 0 Å². The highest BCUT2D eigenvalue weighted by atomic mass is 32.2. The summed E-state index contributed by atoms with van der Waals surface area (Å²) >= 11 is 0. The zero-order valence-corrected chi connectivity index (χ0v) is 22.1. The third-order valence-corrected chi connectivity index (χ3v) is 9.18. The number of nitrogens with zero attached hydrogens (tertiary/aromatic N) is 4. The van der Waals surface area contributed by atoms with Crippen LogP contribution in [0.25, 0.3) is 16.6 Å². The molecule has 0 bridgehead atoms. The van der Waals surface area contributed by atoms with Crippen LogP contribution in [0, 0.1) is 5.41 Å². The quantitative estimate of drug-likeness (QED) is 0.361. The molecular weight excluding hydrogens is 487 g/mol. The number of benzene rings is 2. The molecule has 0 spiro atoms. The van der Waals surface area contributed by atoms with Crippen molar-refractivity contribution < 1.29 is 13.2 Å². The molecule has 1 aromatic heterocycles. The van der Waals surface area contributed by atoms with Gasteiger partial charge in [0.1, 0.15) is 12.8 Å². The van der Waals surface area contributed by atoms with Crippen LogP contribution in [0.4, 0.5) is 5.69 Å². The summed E-state index contributed by atoms with van der Waals surface area (Å²) in [6.45, 7) is 4.73. The van der Waals surface area contributed by atoms with Gasteiger partial charge < -0.3 is 20.4 Å². The van der Waals surface area contributed by atoms with Crippen molar-refractivity contribution in [3.8, 4) is 5.69 Å². The van der Waals surface area contributed by atoms with Gasteiger partial charge in [-0.25, -0.2) is 13.1 Å². The normalized spacial score (nSPS) is 20.3. The Balaban J connectivity index is 1.29. The second-order valence-corrected chi connectivity index (χ2v) is 11.7. The molecular formula is C26H33BN6O3S. The van der Waals surface area contributed by atoms with Crippen molar-refractivity contribution in [2.75, 3.05) is 37.7 Å². The summed E-state index contributed by atoms with van der Waals surface area (Å²) in [7, 11) is -1.71. The lowest BCUT2D eigenvalue weighted by Gasteiger charge is -2.40. The zero-order valence-electron chi connectivity index (χ0n) is 21.3. The summed E-state index contributed by atoms with van der Waals surface area (Å²) in [6.07, 6.45) is 5.93. The van der Waals surface area contributed by atoms with Crippen LogP contribution in [0.3, 0.4) is 0 Å². The first-order valence-electron chi connectivity index (χ1n) is 12.7. The lowest BCUT2D eigenvalue weighted by Crippen LogP contribution is -2.54. The molecule has 0 aliphatic carbocycles. The molecule has 2 fully saturated rings. The molecule has 0 amide bonds. The number of sulfonamides is 1. The maximum Gasteiger partial charge on any atom is 0.246 e. The number of anilines is 1. The van der Waals surface area contributed by atoms with Crippen LogP contribution >= 0.6 is 0 Å². The highest BCUT2D eigenvalue weighted by Gasteiger charge is 2.35. The third kappa shape index (κ3) is 5.30. The molecule has 2 aliphatic heterocycles. The van der Waals surface area contributed by atoms with E-state index in [1.165, 1.54) is 16.0 Å². The number of rotatable bonds is 7. The van der Waals surface area contributed by atoms with Crippen LogP contribution in [0.15, 0.2) is 59.8 Å². The van der Waals surface area contributed by atoms with Crippen molar-refractivity contribution in [3.63, 3.8) is 0 Å². The fraction of sp³-hybridized carbons (Fsp3) is 0.385. The van der Waals surface area contributed by atoms with Gasteiger partial charge in [-0.1, -0.05) is 17.6 Å². The minimum Gasteiger partial charge on any atom is -0.387 e. The fourth-order valence-electron chi connectivity index (χ4n) is 5.03. The Morgan fingerprint density at radius 1 is 1.14 bits per heavy atom. The van der Waals surface area contributed by atoms with Gasteiger partial charge >= 0.3 is 0 Å². The first-order chi connectivity index (χ1) is 17.9. The Morgan fingerprint density at radius 2 is 1.86 bits per heavy atom. The number of nitrogens with one attached hydrogen (secondary N) is 2. The summed E-state index contributed by atoms with van der Waals surface area (Å²) in [4.78, 5) is 2.21. The molecule has 1 unspecified atom stereocenters. The molecule has 3 aromatic rings. The average molecular weight is 520 g/mol. The largest absolute Gasteiger partial charge is 0.387 e. The van der Waals surface area contributed by atoms with Gasteiger partial charge in [0, 0.05) is 68.4 Å². The van der Waals surface area contributed by atoms with E-state index in [4.69, 9.17) is 10.1 Å². The van der Waals surface area contributed by atoms with E-state index in [0.717, 1.165) is 41.3 Å². The van der Waals surface area contributed by atoms with E-state index in [-0.39, 0.29) is 17.0 Å². The number of fused-ring (bicyclic) bond motifs is 1. The van der Waals surface area contributed by atoms with Crippen molar-refractivity contribution in [2.45, 2.75) is 31.8 Å². The Labute approximate surface area is 219 Å². The van der Waals surface area contributed by atoms with E-state index in [0.29, 0.717) is 32.8 Å². The summed E-state index contributed by atoms with van der Waals surface area (Å²) in [6, 6.07) is 14.5. The first kappa shape index (κ1) is 25.5. The number of ether oxygens (including phenoxy) is 1. The topological polar surface area (TPSA) is 104 Å². The predicted molar refractivity (Wildman–Crippen MR) is 150 cm³/mol. The average Bonchev–Trinajstić information content (AvgIpc) is 3.33. The van der Waals surface area contributed by atoms with Crippen LogP contribution in [0.2, 0.25) is 0 Å². The van der Waals surface area contributed by atoms with Crippen LogP contribution in [0.1, 0.15) is 19.8 Å². The van der Waals surface area contributed by atoms with Crippen LogP contribution in [-0.2, 0) is 14.8 Å². The molecule has 0 saturated carbocycles. The van der Waals surface area contributed by atoms with E-state index >= 15 is 0 Å². The third-order valence-electron chi connectivity index (χ3n) is 7.19. The van der Waals surface area contributed by atoms with Crippen molar-refractivity contribution in [1.29, 1.82) is 5.41 Å². The van der Waals surface area contributed by atoms with Gasteiger partial charge in [-0.3, -0.25) is 0 Å². The summed E-state index contributed by atoms with van der Waals surface area (Å²) in [5, 5.41) is 16.6. The second-order valence-electron chi connectivity index (χ2n) is 9.79. The molecule has 3 heterocycles. The molecule has 2 aliphatic rings. The Hall–Kier alpha value is -3.15. The van der Waals surface area contributed by atoms with E-state index in [2.05, 4.69) is 65.6 Å². The smallest absolute Gasteiger partial charge is 0.246 e. The van der Waals surface area contributed by atoms with E-state index in [1.807, 2.05) is 17.8 Å². The monoisotopic (exact) mass is 520 g/mol. The summed E-state index contributed by atoms with van der Waals surface area (Å²) < 4.78 is 35.6. The molecule has 2 N–H and O–H groups in total. The molecule has 1 atom stereocenters. The Morgan fingerprint density at radius 3 is 2.57 bits per heavy atom. The molecule has 194 valence electrons. The second kappa shape index (κ2) is 10.7. The van der Waals surface area contributed by atoms with Gasteiger partial charge in [0.25, 0.3) is 0 Å². The number of piperazine rings is 1. The number of allylic oxidation sites excluding steroid dienone is 1. The lowest BCUT2D eigenvalue weighted by atomic mass is 9.96. The molecule has 2 saturated heterocycles. The van der Waals surface area contributed by atoms with Crippen LogP contribution < -0.4 is 15.7 Å². The van der Waals surface area contributed by atoms with Gasteiger partial charge in [-0.05, 0) is 50.1 Å². The zero-order chi connectivity index (χ0) is 26.0. The van der Waals surface area contributed by atoms with Gasteiger partial charge in [-0.15, -0.1) is 0 Å². The lowest BCUT2D eigenvalue weighted by molar-refractivity contribution is 0.0812. The minimum absolute atomic E-state index is 0.00997. The molecule has 0 radical (unpaired) electrons. The Bertz CT molecular complexity index is 1400. The SMILES string of the molecule is Bc1ccc(-n2ncc3cc(N4CCN(S(=O)(=O)/C(C=N)=C/NC5CCOCC5)C(C)C4)ccc32)cc1. The molecule has 2 aromatic carbocycles. The van der Waals surface area contributed by atoms with Gasteiger partial charge in [0.2, 0.25) is 10.0 Å². The first-order valence-corrected chi connectivity index (χ1v) is 14.2. The fourth-order valence-corrected chi connectivity index (χ4v) is 6.53. The van der Waals surface area contributed by atoms with Crippen LogP contribution in [-0.4, -0.2) is 81.5 Å². The van der Waals surface area contributed by atoms with Crippen molar-refractivity contribution in [3.05, 3.63) is 59.8 Å². The van der Waals surface area contributed by atoms with E-state index < -0.39 is 10.0 Å². The minimum atomic E-state index is -3.78. The van der Waals surface area contributed by atoms with Crippen molar-refractivity contribution in [2.24, 2.45) is 0 Å². The van der Waals surface area contributed by atoms with Crippen LogP contribution in [0.5, 0.6) is 0 Å². The number of hydrogen-bond acceptors (Lipinski definition) is 7. The highest BCUT2D eigenvalue weighted by Crippen LogP contribution is 2.27. The molecule has 9 nitrogen and oxygen atoms in total. The maximum absolute atomic E-state index is 13.4. The number of aromatic nitrogens is 2. The number of hydrogen-bond donors (Lipinski definition) is 2. The maximum atomic E-state index is 13.4. The van der Waals surface area contributed by atoms with Gasteiger partial charge in [0.15, 0.2) is 0 Å². The molecule has 37 heavy (non-hydrogen) atoms. The molecule has 5 rings (SSSR count). The highest BCUT2D eigenvalue weighted by molar-refractivity contribution is 7.93. The van der Waals surface area contributed by atoms with Gasteiger partial charge in [0.05, 0.1) is 17.4 Å². The van der Waals surface area contributed by atoms with Crippen molar-refractivity contribution in [1.82, 2.24) is 19.4 Å². The Kier molecular flexibility index (Phi) is 7.37. The predicted octanol–water partition coefficient (Wildman–Crippen LogP) is 1.38. The van der Waals surface area contributed by atoms with Crippen molar-refractivity contribution >= 4 is 46.1 Å². The van der Waals surface area contributed by atoms with Gasteiger partial charge in [-0.2, -0.15) is 9.40 Å². The van der Waals surface area contributed by atoms with E-state index in [9.17, 15) is 8.42 Å². The standard InChI is InChI=1S/C26H33BN6O3S/c1-19-18-31(10-11-32(19)37(34,35)25(15-28)17-29-22-8-12-36-13-9-22)24-6-7-26-20(14-24)16-30-33(26)23-4-2-21(27)3-5-23/h2-7,14-17,19,22,28-29H,8-13,18,27H2,1H3/b25-17+,28-15?.